The highest BCUT2D eigenvalue weighted by Crippen LogP contribution is 2.26. The predicted octanol–water partition coefficient (Wildman–Crippen LogP) is 4.26. The number of aliphatic hydroxyl groups excluding tert-OH is 7. The maximum atomic E-state index is 12.8. The summed E-state index contributed by atoms with van der Waals surface area (Å²) in [7, 11) is 0. The largest absolute Gasteiger partial charge is 0.462 e. The molecule has 0 aromatic carbocycles. The number of aliphatic hydroxyl groups is 7. The molecule has 0 spiro atoms. The molecular formula is C43H78O15. The summed E-state index contributed by atoms with van der Waals surface area (Å²) in [6.45, 7) is 2.38. The van der Waals surface area contributed by atoms with Crippen LogP contribution < -0.4 is 0 Å². The topological polar surface area (TPSA) is 231 Å². The molecular weight excluding hydrogens is 756 g/mol. The number of rotatable bonds is 33. The summed E-state index contributed by atoms with van der Waals surface area (Å²) in [6, 6.07) is 0. The monoisotopic (exact) mass is 835 g/mol. The standard InChI is InChI=1S/C43H78O15/c1-3-5-7-8-9-10-11-12-13-14-15-16-17-18-19-20-21-22-24-26-35(46)56-31(28-53-34(45)25-23-6-4-2)29-54-42-41(52)39(50)37(48)33(58-42)30-55-43-40(51)38(49)36(47)32(27-44)57-43/h12-13,31-33,36-44,47-52H,3-11,14-30H2,1-2H3/b13-12-. The Hall–Kier alpha value is -1.76. The quantitative estimate of drug-likeness (QED) is 0.0278. The summed E-state index contributed by atoms with van der Waals surface area (Å²) < 4.78 is 33.1. The molecule has 0 aromatic heterocycles. The van der Waals surface area contributed by atoms with Gasteiger partial charge in [-0.15, -0.1) is 0 Å². The first-order valence-corrected chi connectivity index (χ1v) is 22.3. The van der Waals surface area contributed by atoms with Gasteiger partial charge < -0.3 is 64.2 Å². The Morgan fingerprint density at radius 1 is 0.534 bits per heavy atom. The number of ether oxygens (including phenoxy) is 6. The molecule has 7 N–H and O–H groups in total. The molecule has 11 unspecified atom stereocenters. The average molecular weight is 835 g/mol. The Morgan fingerprint density at radius 3 is 1.55 bits per heavy atom. The molecule has 15 heteroatoms. The highest BCUT2D eigenvalue weighted by atomic mass is 16.7. The summed E-state index contributed by atoms with van der Waals surface area (Å²) in [6.07, 6.45) is 10.8. The van der Waals surface area contributed by atoms with E-state index >= 15 is 0 Å². The van der Waals surface area contributed by atoms with E-state index < -0.39 is 92.7 Å². The second kappa shape index (κ2) is 32.0. The lowest BCUT2D eigenvalue weighted by molar-refractivity contribution is -0.332. The highest BCUT2D eigenvalue weighted by Gasteiger charge is 2.47. The molecule has 2 rings (SSSR count). The number of unbranched alkanes of at least 4 members (excludes halogenated alkanes) is 17. The number of hydrogen-bond acceptors (Lipinski definition) is 15. The van der Waals surface area contributed by atoms with Crippen LogP contribution in [-0.4, -0.2) is 142 Å². The predicted molar refractivity (Wildman–Crippen MR) is 215 cm³/mol. The zero-order valence-corrected chi connectivity index (χ0v) is 35.3. The first kappa shape index (κ1) is 52.4. The van der Waals surface area contributed by atoms with E-state index in [-0.39, 0.29) is 26.1 Å². The first-order valence-electron chi connectivity index (χ1n) is 22.3. The van der Waals surface area contributed by atoms with Gasteiger partial charge in [0, 0.05) is 12.8 Å². The van der Waals surface area contributed by atoms with Gasteiger partial charge in [-0.05, 0) is 38.5 Å². The molecule has 2 heterocycles. The molecule has 2 aliphatic rings. The van der Waals surface area contributed by atoms with Crippen molar-refractivity contribution < 1.29 is 73.8 Å². The maximum Gasteiger partial charge on any atom is 0.306 e. The fourth-order valence-corrected chi connectivity index (χ4v) is 6.97. The number of carbonyl (C=O) groups is 2. The summed E-state index contributed by atoms with van der Waals surface area (Å²) in [5.74, 6) is -0.953. The molecule has 58 heavy (non-hydrogen) atoms. The van der Waals surface area contributed by atoms with Crippen LogP contribution in [0.3, 0.4) is 0 Å². The highest BCUT2D eigenvalue weighted by molar-refractivity contribution is 5.70. The van der Waals surface area contributed by atoms with Crippen molar-refractivity contribution in [1.29, 1.82) is 0 Å². The second-order valence-electron chi connectivity index (χ2n) is 15.9. The third kappa shape index (κ3) is 21.2. The van der Waals surface area contributed by atoms with Crippen LogP contribution in [0.25, 0.3) is 0 Å². The third-order valence-corrected chi connectivity index (χ3v) is 10.7. The number of allylic oxidation sites excluding steroid dienone is 2. The van der Waals surface area contributed by atoms with E-state index in [0.29, 0.717) is 12.8 Å². The first-order chi connectivity index (χ1) is 28.0. The molecule has 11 atom stereocenters. The van der Waals surface area contributed by atoms with Crippen LogP contribution in [0.2, 0.25) is 0 Å². The van der Waals surface area contributed by atoms with E-state index in [1.54, 1.807) is 0 Å². The van der Waals surface area contributed by atoms with Crippen molar-refractivity contribution in [2.45, 2.75) is 223 Å². The van der Waals surface area contributed by atoms with Gasteiger partial charge in [0.15, 0.2) is 18.7 Å². The smallest absolute Gasteiger partial charge is 0.306 e. The minimum absolute atomic E-state index is 0.165. The number of hydrogen-bond donors (Lipinski definition) is 7. The molecule has 0 bridgehead atoms. The minimum atomic E-state index is -1.76. The van der Waals surface area contributed by atoms with Crippen molar-refractivity contribution in [2.24, 2.45) is 0 Å². The van der Waals surface area contributed by atoms with Crippen molar-refractivity contribution in [1.82, 2.24) is 0 Å². The lowest BCUT2D eigenvalue weighted by Gasteiger charge is -2.42. The van der Waals surface area contributed by atoms with Gasteiger partial charge in [0.05, 0.1) is 19.8 Å². The van der Waals surface area contributed by atoms with Crippen molar-refractivity contribution >= 4 is 11.9 Å². The Labute approximate surface area is 346 Å². The van der Waals surface area contributed by atoms with Crippen LogP contribution in [0, 0.1) is 0 Å². The zero-order valence-electron chi connectivity index (χ0n) is 35.3. The maximum absolute atomic E-state index is 12.8. The SMILES string of the molecule is CCCCCCCC/C=C\CCCCCCCCCCCC(=O)OC(COC(=O)CCCCC)COC1OC(COC2OC(CO)C(O)C(O)C2O)C(O)C(O)C1O. The van der Waals surface area contributed by atoms with Gasteiger partial charge in [-0.3, -0.25) is 9.59 Å². The Bertz CT molecular complexity index is 1080. The summed E-state index contributed by atoms with van der Waals surface area (Å²) >= 11 is 0. The normalized spacial score (nSPS) is 28.2. The summed E-state index contributed by atoms with van der Waals surface area (Å²) in [5.41, 5.74) is 0. The van der Waals surface area contributed by atoms with E-state index in [1.807, 2.05) is 6.92 Å². The molecule has 15 nitrogen and oxygen atoms in total. The van der Waals surface area contributed by atoms with E-state index in [0.717, 1.165) is 38.5 Å². The lowest BCUT2D eigenvalue weighted by atomic mass is 9.98. The Kier molecular flexibility index (Phi) is 28.9. The van der Waals surface area contributed by atoms with Crippen molar-refractivity contribution in [2.75, 3.05) is 26.4 Å². The van der Waals surface area contributed by atoms with Crippen LogP contribution in [0.4, 0.5) is 0 Å². The van der Waals surface area contributed by atoms with Crippen LogP contribution >= 0.6 is 0 Å². The van der Waals surface area contributed by atoms with Crippen LogP contribution in [-0.2, 0) is 38.0 Å². The third-order valence-electron chi connectivity index (χ3n) is 10.7. The summed E-state index contributed by atoms with van der Waals surface area (Å²) in [5, 5.41) is 71.5. The van der Waals surface area contributed by atoms with E-state index in [9.17, 15) is 45.3 Å². The molecule has 0 radical (unpaired) electrons. The van der Waals surface area contributed by atoms with E-state index in [1.165, 1.54) is 77.0 Å². The fourth-order valence-electron chi connectivity index (χ4n) is 6.97. The van der Waals surface area contributed by atoms with Crippen LogP contribution in [0.1, 0.15) is 155 Å². The molecule has 340 valence electrons. The molecule has 2 saturated heterocycles. The molecule has 2 fully saturated rings. The molecule has 0 saturated carbocycles. The van der Waals surface area contributed by atoms with Crippen molar-refractivity contribution in [3.05, 3.63) is 12.2 Å². The van der Waals surface area contributed by atoms with Gasteiger partial charge in [0.25, 0.3) is 0 Å². The van der Waals surface area contributed by atoms with Crippen molar-refractivity contribution in [3.8, 4) is 0 Å². The van der Waals surface area contributed by atoms with Gasteiger partial charge in [-0.25, -0.2) is 0 Å². The van der Waals surface area contributed by atoms with E-state index in [4.69, 9.17) is 28.4 Å². The molecule has 0 aliphatic carbocycles. The molecule has 0 amide bonds. The zero-order chi connectivity index (χ0) is 42.5. The Morgan fingerprint density at radius 2 is 0.983 bits per heavy atom. The van der Waals surface area contributed by atoms with Crippen LogP contribution in [0.15, 0.2) is 12.2 Å². The van der Waals surface area contributed by atoms with E-state index in [2.05, 4.69) is 19.1 Å². The van der Waals surface area contributed by atoms with Gasteiger partial charge in [-0.1, -0.05) is 116 Å². The van der Waals surface area contributed by atoms with Gasteiger partial charge >= 0.3 is 11.9 Å². The van der Waals surface area contributed by atoms with Crippen molar-refractivity contribution in [3.63, 3.8) is 0 Å². The second-order valence-corrected chi connectivity index (χ2v) is 15.9. The van der Waals surface area contributed by atoms with Crippen LogP contribution in [0.5, 0.6) is 0 Å². The number of carbonyl (C=O) groups excluding carboxylic acids is 2. The average Bonchev–Trinajstić information content (AvgIpc) is 3.21. The minimum Gasteiger partial charge on any atom is -0.462 e. The Balaban J connectivity index is 1.74. The van der Waals surface area contributed by atoms with Gasteiger partial charge in [-0.2, -0.15) is 0 Å². The summed E-state index contributed by atoms with van der Waals surface area (Å²) in [4.78, 5) is 25.2. The molecule has 0 aromatic rings. The number of esters is 2. The van der Waals surface area contributed by atoms with Gasteiger partial charge in [0.1, 0.15) is 55.4 Å². The lowest BCUT2D eigenvalue weighted by Crippen LogP contribution is -2.61. The fraction of sp³-hybridized carbons (Fsp3) is 0.907. The van der Waals surface area contributed by atoms with Gasteiger partial charge in [0.2, 0.25) is 0 Å². The molecule has 2 aliphatic heterocycles.